The van der Waals surface area contributed by atoms with Crippen LogP contribution in [0.4, 0.5) is 0 Å². The summed E-state index contributed by atoms with van der Waals surface area (Å²) in [5, 5.41) is 36.6. The van der Waals surface area contributed by atoms with Crippen molar-refractivity contribution in [2.75, 3.05) is 0 Å². The normalized spacial score (nSPS) is 11.4. The van der Waals surface area contributed by atoms with Crippen LogP contribution in [-0.2, 0) is 45.4 Å². The fourth-order valence-electron chi connectivity index (χ4n) is 4.16. The van der Waals surface area contributed by atoms with E-state index < -0.39 is 0 Å². The number of hydrogen-bond donors (Lipinski definition) is 4. The molecule has 0 radical (unpaired) electrons. The molecule has 284 valence electrons. The van der Waals surface area contributed by atoms with E-state index in [9.17, 15) is 19.2 Å². The zero-order valence-corrected chi connectivity index (χ0v) is 34.8. The number of unbranched alkanes of at least 4 members (excludes halogenated alkanes) is 12. The summed E-state index contributed by atoms with van der Waals surface area (Å²) in [7, 11) is 0. The third-order valence-corrected chi connectivity index (χ3v) is 6.63. The van der Waals surface area contributed by atoms with Gasteiger partial charge in [-0.1, -0.05) is 105 Å². The minimum absolute atomic E-state index is 0. The summed E-state index contributed by atoms with van der Waals surface area (Å²) in [5.74, 6) is 0.561. The van der Waals surface area contributed by atoms with Gasteiger partial charge in [-0.3, -0.25) is 19.2 Å². The van der Waals surface area contributed by atoms with Crippen molar-refractivity contribution in [1.82, 2.24) is 0 Å². The van der Waals surface area contributed by atoms with E-state index in [0.29, 0.717) is 25.7 Å². The molecule has 0 rings (SSSR count). The van der Waals surface area contributed by atoms with E-state index in [1.807, 2.05) is 0 Å². The molecule has 0 heterocycles. The molecule has 0 aromatic carbocycles. The van der Waals surface area contributed by atoms with Gasteiger partial charge in [0, 0.05) is 76.2 Å². The monoisotopic (exact) mass is 770 g/mol. The summed E-state index contributed by atoms with van der Waals surface area (Å²) in [6.07, 6.45) is 25.7. The molecule has 4 N–H and O–H groups in total. The van der Waals surface area contributed by atoms with Crippen molar-refractivity contribution in [2.45, 2.75) is 184 Å². The van der Waals surface area contributed by atoms with Gasteiger partial charge in [0.15, 0.2) is 23.1 Å². The Kier molecular flexibility index (Phi) is 50.1. The molecule has 0 spiro atoms. The van der Waals surface area contributed by atoms with Crippen LogP contribution < -0.4 is 0 Å². The zero-order valence-electron chi connectivity index (χ0n) is 32.4. The maximum Gasteiger partial charge on any atom is 0.155 e. The van der Waals surface area contributed by atoms with Gasteiger partial charge in [0.1, 0.15) is 0 Å². The number of ketones is 4. The molecule has 0 fully saturated rings. The first-order chi connectivity index (χ1) is 22.7. The summed E-state index contributed by atoms with van der Waals surface area (Å²) >= 11 is 0. The van der Waals surface area contributed by atoms with E-state index in [0.717, 1.165) is 51.4 Å². The molecule has 8 nitrogen and oxygen atoms in total. The average molecular weight is 772 g/mol. The third-order valence-electron chi connectivity index (χ3n) is 6.63. The van der Waals surface area contributed by atoms with Crippen LogP contribution in [0, 0.1) is 0 Å². The van der Waals surface area contributed by atoms with Crippen LogP contribution in [-0.4, -0.2) is 43.6 Å². The molecule has 0 saturated carbocycles. The van der Waals surface area contributed by atoms with E-state index in [1.165, 1.54) is 103 Å². The summed E-state index contributed by atoms with van der Waals surface area (Å²) in [6, 6.07) is 0. The van der Waals surface area contributed by atoms with Crippen LogP contribution in [0.5, 0.6) is 0 Å². The Morgan fingerprint density at radius 1 is 0.347 bits per heavy atom. The molecular weight excluding hydrogens is 700 g/mol. The average Bonchev–Trinajstić information content (AvgIpc) is 2.98. The summed E-state index contributed by atoms with van der Waals surface area (Å²) in [5.41, 5.74) is 0. The first-order valence-corrected chi connectivity index (χ1v) is 18.3. The van der Waals surface area contributed by atoms with Crippen molar-refractivity contribution >= 4 is 23.1 Å². The third kappa shape index (κ3) is 61.4. The number of rotatable bonds is 24. The van der Waals surface area contributed by atoms with Gasteiger partial charge in [-0.2, -0.15) is 0 Å². The first kappa shape index (κ1) is 56.1. The Morgan fingerprint density at radius 3 is 0.633 bits per heavy atom. The van der Waals surface area contributed by atoms with Gasteiger partial charge in [-0.05, 0) is 53.4 Å². The number of hydrogen-bond acceptors (Lipinski definition) is 8. The van der Waals surface area contributed by atoms with Gasteiger partial charge in [0.2, 0.25) is 0 Å². The molecule has 0 atom stereocenters. The second-order valence-electron chi connectivity index (χ2n) is 12.2. The predicted molar refractivity (Wildman–Crippen MR) is 201 cm³/mol. The molecule has 0 unspecified atom stereocenters. The van der Waals surface area contributed by atoms with E-state index in [2.05, 4.69) is 27.7 Å². The Labute approximate surface area is 318 Å². The fraction of sp³-hybridized carbons (Fsp3) is 0.700. The molecule has 0 aliphatic carbocycles. The summed E-state index contributed by atoms with van der Waals surface area (Å²) < 4.78 is 0. The van der Waals surface area contributed by atoms with Crippen LogP contribution in [0.1, 0.15) is 184 Å². The van der Waals surface area contributed by atoms with Gasteiger partial charge in [-0.25, -0.2) is 0 Å². The SMILES string of the molecule is CCCCCCC(O)=CC(C)=O.CCCCCCC(O)=CC(C)=O.CCCCCCC(O)=CC(C)=O.CCCCCCC(O)=CC(C)=O.[Zr]. The summed E-state index contributed by atoms with van der Waals surface area (Å²) in [4.78, 5) is 42.0. The van der Waals surface area contributed by atoms with Crippen LogP contribution in [0.15, 0.2) is 47.3 Å². The molecule has 0 aromatic rings. The number of carbonyl (C=O) groups excluding carboxylic acids is 4. The molecule has 9 heteroatoms. The molecule has 0 aromatic heterocycles. The van der Waals surface area contributed by atoms with Crippen molar-refractivity contribution in [3.8, 4) is 0 Å². The van der Waals surface area contributed by atoms with E-state index in [4.69, 9.17) is 20.4 Å². The Hall–Kier alpha value is -2.28. The maximum atomic E-state index is 10.5. The van der Waals surface area contributed by atoms with E-state index in [1.54, 1.807) is 0 Å². The fourth-order valence-corrected chi connectivity index (χ4v) is 4.16. The topological polar surface area (TPSA) is 149 Å². The molecule has 0 bridgehead atoms. The van der Waals surface area contributed by atoms with Gasteiger partial charge < -0.3 is 20.4 Å². The molecular formula is C40H72O8Zr. The second-order valence-corrected chi connectivity index (χ2v) is 12.2. The van der Waals surface area contributed by atoms with Crippen LogP contribution in [0.2, 0.25) is 0 Å². The molecule has 0 amide bonds. The minimum Gasteiger partial charge on any atom is -0.512 e. The van der Waals surface area contributed by atoms with Crippen molar-refractivity contribution in [3.05, 3.63) is 47.3 Å². The zero-order chi connectivity index (χ0) is 37.6. The maximum absolute atomic E-state index is 10.5. The summed E-state index contributed by atoms with van der Waals surface area (Å²) in [6.45, 7) is 14.4. The molecule has 0 saturated heterocycles. The van der Waals surface area contributed by atoms with Crippen LogP contribution in [0.25, 0.3) is 0 Å². The Morgan fingerprint density at radius 2 is 0.510 bits per heavy atom. The van der Waals surface area contributed by atoms with E-state index >= 15 is 0 Å². The van der Waals surface area contributed by atoms with Gasteiger partial charge in [0.05, 0.1) is 23.0 Å². The number of aliphatic hydroxyl groups excluding tert-OH is 4. The largest absolute Gasteiger partial charge is 0.512 e. The van der Waals surface area contributed by atoms with Crippen LogP contribution >= 0.6 is 0 Å². The van der Waals surface area contributed by atoms with Crippen molar-refractivity contribution < 1.29 is 65.8 Å². The number of carbonyl (C=O) groups is 4. The Bertz CT molecular complexity index is 796. The quantitative estimate of drug-likeness (QED) is 0.0430. The smallest absolute Gasteiger partial charge is 0.155 e. The minimum atomic E-state index is -0.0806. The number of allylic oxidation sites excluding steroid dienone is 8. The van der Waals surface area contributed by atoms with Gasteiger partial charge in [0.25, 0.3) is 0 Å². The molecule has 0 aliphatic heterocycles. The van der Waals surface area contributed by atoms with Crippen molar-refractivity contribution in [1.29, 1.82) is 0 Å². The Balaban J connectivity index is -0.000000174. The first-order valence-electron chi connectivity index (χ1n) is 18.3. The van der Waals surface area contributed by atoms with Crippen LogP contribution in [0.3, 0.4) is 0 Å². The standard InChI is InChI=1S/4C10H18O2.Zr/c4*1-3-4-5-6-7-10(12)8-9(2)11;/h4*8,12H,3-7H2,1-2H3;. The predicted octanol–water partition coefficient (Wildman–Crippen LogP) is 11.9. The van der Waals surface area contributed by atoms with Crippen molar-refractivity contribution in [3.63, 3.8) is 0 Å². The van der Waals surface area contributed by atoms with E-state index in [-0.39, 0.29) is 72.4 Å². The second kappa shape index (κ2) is 43.7. The van der Waals surface area contributed by atoms with Crippen molar-refractivity contribution in [2.24, 2.45) is 0 Å². The molecule has 0 aliphatic rings. The molecule has 49 heavy (non-hydrogen) atoms. The van der Waals surface area contributed by atoms with Gasteiger partial charge >= 0.3 is 0 Å². The number of aliphatic hydroxyl groups is 4. The van der Waals surface area contributed by atoms with Gasteiger partial charge in [-0.15, -0.1) is 0 Å².